The van der Waals surface area contributed by atoms with Gasteiger partial charge in [-0.25, -0.2) is 0 Å². The molecule has 1 aliphatic heterocycles. The molecule has 19 heavy (non-hydrogen) atoms. The number of ether oxygens (including phenoxy) is 1. The molecule has 1 aromatic rings. The Morgan fingerprint density at radius 3 is 3.21 bits per heavy atom. The summed E-state index contributed by atoms with van der Waals surface area (Å²) in [5, 5.41) is 0. The zero-order valence-corrected chi connectivity index (χ0v) is 11.7. The molecule has 0 bridgehead atoms. The van der Waals surface area contributed by atoms with Crippen LogP contribution in [0.1, 0.15) is 49.8 Å². The predicted molar refractivity (Wildman–Crippen MR) is 76.0 cm³/mol. The molecule has 104 valence electrons. The van der Waals surface area contributed by atoms with Gasteiger partial charge in [0.25, 0.3) is 0 Å². The van der Waals surface area contributed by atoms with E-state index >= 15 is 0 Å². The molecule has 0 aromatic carbocycles. The van der Waals surface area contributed by atoms with Crippen molar-refractivity contribution in [1.82, 2.24) is 4.98 Å². The molecule has 2 aliphatic rings. The van der Waals surface area contributed by atoms with Crippen molar-refractivity contribution >= 4 is 0 Å². The summed E-state index contributed by atoms with van der Waals surface area (Å²) < 4.78 is 5.81. The van der Waals surface area contributed by atoms with Gasteiger partial charge in [0.05, 0.1) is 6.10 Å². The molecule has 1 aromatic heterocycles. The molecule has 0 spiro atoms. The van der Waals surface area contributed by atoms with Gasteiger partial charge in [0.15, 0.2) is 0 Å². The summed E-state index contributed by atoms with van der Waals surface area (Å²) in [6.45, 7) is 3.07. The molecule has 1 fully saturated rings. The molecule has 1 saturated heterocycles. The normalized spacial score (nSPS) is 32.0. The highest BCUT2D eigenvalue weighted by atomic mass is 16.5. The van der Waals surface area contributed by atoms with E-state index in [1.807, 2.05) is 12.3 Å². The van der Waals surface area contributed by atoms with Gasteiger partial charge in [-0.2, -0.15) is 0 Å². The fourth-order valence-corrected chi connectivity index (χ4v) is 3.84. The Kier molecular flexibility index (Phi) is 3.85. The minimum absolute atomic E-state index is 0.196. The highest BCUT2D eigenvalue weighted by Gasteiger charge is 2.38. The molecule has 2 N–H and O–H groups in total. The molecule has 0 radical (unpaired) electrons. The number of nitrogens with zero attached hydrogens (tertiary/aromatic N) is 1. The van der Waals surface area contributed by atoms with Crippen molar-refractivity contribution in [2.75, 3.05) is 6.61 Å². The summed E-state index contributed by atoms with van der Waals surface area (Å²) in [6, 6.07) is 4.45. The Morgan fingerprint density at radius 2 is 2.37 bits per heavy atom. The molecule has 1 aliphatic carbocycles. The van der Waals surface area contributed by atoms with Crippen LogP contribution in [-0.4, -0.2) is 23.7 Å². The van der Waals surface area contributed by atoms with E-state index in [2.05, 4.69) is 18.0 Å². The highest BCUT2D eigenvalue weighted by molar-refractivity contribution is 5.27. The van der Waals surface area contributed by atoms with Crippen LogP contribution in [0.25, 0.3) is 0 Å². The minimum Gasteiger partial charge on any atom is -0.378 e. The summed E-state index contributed by atoms with van der Waals surface area (Å²) in [6.07, 6.45) is 8.01. The van der Waals surface area contributed by atoms with Gasteiger partial charge in [-0.15, -0.1) is 0 Å². The lowest BCUT2D eigenvalue weighted by atomic mass is 9.75. The third kappa shape index (κ3) is 2.41. The lowest BCUT2D eigenvalue weighted by Crippen LogP contribution is -2.41. The maximum Gasteiger partial charge on any atom is 0.0616 e. The zero-order valence-electron chi connectivity index (χ0n) is 11.7. The van der Waals surface area contributed by atoms with Crippen LogP contribution < -0.4 is 5.73 Å². The second-order valence-electron chi connectivity index (χ2n) is 5.89. The molecule has 3 rings (SSSR count). The minimum atomic E-state index is 0.196. The molecule has 4 atom stereocenters. The average Bonchev–Trinajstić information content (AvgIpc) is 2.94. The van der Waals surface area contributed by atoms with Gasteiger partial charge in [0, 0.05) is 36.4 Å². The van der Waals surface area contributed by atoms with Gasteiger partial charge in [-0.3, -0.25) is 4.98 Å². The monoisotopic (exact) mass is 260 g/mol. The molecule has 0 saturated carbocycles. The molecule has 3 heteroatoms. The Labute approximate surface area is 115 Å². The van der Waals surface area contributed by atoms with E-state index in [0.717, 1.165) is 25.9 Å². The van der Waals surface area contributed by atoms with Crippen LogP contribution in [-0.2, 0) is 11.2 Å². The second-order valence-corrected chi connectivity index (χ2v) is 5.89. The van der Waals surface area contributed by atoms with Crippen molar-refractivity contribution in [3.05, 3.63) is 29.6 Å². The van der Waals surface area contributed by atoms with Crippen LogP contribution in [0.15, 0.2) is 18.3 Å². The lowest BCUT2D eigenvalue weighted by molar-refractivity contribution is 0.0778. The number of nitrogens with two attached hydrogens (primary N) is 1. The van der Waals surface area contributed by atoms with Crippen LogP contribution >= 0.6 is 0 Å². The fraction of sp³-hybridized carbons (Fsp3) is 0.688. The van der Waals surface area contributed by atoms with Gasteiger partial charge in [0.1, 0.15) is 0 Å². The Hall–Kier alpha value is -0.930. The number of aryl methyl sites for hydroxylation is 1. The van der Waals surface area contributed by atoms with Crippen LogP contribution in [0.3, 0.4) is 0 Å². The van der Waals surface area contributed by atoms with E-state index < -0.39 is 0 Å². The lowest BCUT2D eigenvalue weighted by Gasteiger charge is -2.34. The van der Waals surface area contributed by atoms with Crippen molar-refractivity contribution in [3.8, 4) is 0 Å². The average molecular weight is 260 g/mol. The van der Waals surface area contributed by atoms with E-state index in [1.165, 1.54) is 24.1 Å². The highest BCUT2D eigenvalue weighted by Crippen LogP contribution is 2.38. The van der Waals surface area contributed by atoms with Crippen molar-refractivity contribution in [3.63, 3.8) is 0 Å². The largest absolute Gasteiger partial charge is 0.378 e. The first kappa shape index (κ1) is 13.1. The summed E-state index contributed by atoms with van der Waals surface area (Å²) in [4.78, 5) is 4.62. The third-order valence-corrected chi connectivity index (χ3v) is 4.86. The van der Waals surface area contributed by atoms with Gasteiger partial charge >= 0.3 is 0 Å². The van der Waals surface area contributed by atoms with Crippen LogP contribution in [0.2, 0.25) is 0 Å². The zero-order chi connectivity index (χ0) is 13.2. The Bertz CT molecular complexity index is 435. The first-order valence-electron chi connectivity index (χ1n) is 7.62. The van der Waals surface area contributed by atoms with Crippen LogP contribution in [0.5, 0.6) is 0 Å². The number of fused-ring (bicyclic) bond motifs is 1. The molecule has 3 nitrogen and oxygen atoms in total. The first-order chi connectivity index (χ1) is 9.31. The van der Waals surface area contributed by atoms with E-state index in [9.17, 15) is 0 Å². The van der Waals surface area contributed by atoms with Crippen molar-refractivity contribution in [2.24, 2.45) is 11.7 Å². The van der Waals surface area contributed by atoms with E-state index in [-0.39, 0.29) is 6.04 Å². The van der Waals surface area contributed by atoms with Crippen molar-refractivity contribution in [2.45, 2.75) is 57.1 Å². The summed E-state index contributed by atoms with van der Waals surface area (Å²) in [5.41, 5.74) is 9.27. The fourth-order valence-electron chi connectivity index (χ4n) is 3.84. The molecular formula is C16H24N2O. The van der Waals surface area contributed by atoms with Gasteiger partial charge in [0.2, 0.25) is 0 Å². The van der Waals surface area contributed by atoms with E-state index in [4.69, 9.17) is 10.5 Å². The molecule has 2 heterocycles. The molecular weight excluding hydrogens is 236 g/mol. The number of pyridine rings is 1. The van der Waals surface area contributed by atoms with Gasteiger partial charge < -0.3 is 10.5 Å². The van der Waals surface area contributed by atoms with E-state index in [0.29, 0.717) is 17.9 Å². The number of aromatic nitrogens is 1. The van der Waals surface area contributed by atoms with Gasteiger partial charge in [-0.05, 0) is 43.7 Å². The Morgan fingerprint density at radius 1 is 1.47 bits per heavy atom. The van der Waals surface area contributed by atoms with Crippen LogP contribution in [0, 0.1) is 5.92 Å². The first-order valence-corrected chi connectivity index (χ1v) is 7.62. The summed E-state index contributed by atoms with van der Waals surface area (Å²) >= 11 is 0. The van der Waals surface area contributed by atoms with Crippen molar-refractivity contribution < 1.29 is 4.74 Å². The van der Waals surface area contributed by atoms with Gasteiger partial charge in [-0.1, -0.05) is 13.0 Å². The summed E-state index contributed by atoms with van der Waals surface area (Å²) in [5.74, 6) is 0.925. The SMILES string of the molecule is CCC1OCCC1C(N)C1CCCc2cccnc21. The molecule has 4 unspecified atom stereocenters. The number of hydrogen-bond acceptors (Lipinski definition) is 3. The second kappa shape index (κ2) is 5.59. The number of rotatable bonds is 3. The maximum absolute atomic E-state index is 6.61. The summed E-state index contributed by atoms with van der Waals surface area (Å²) in [7, 11) is 0. The smallest absolute Gasteiger partial charge is 0.0616 e. The van der Waals surface area contributed by atoms with E-state index in [1.54, 1.807) is 0 Å². The number of hydrogen-bond donors (Lipinski definition) is 1. The quantitative estimate of drug-likeness (QED) is 0.909. The Balaban J connectivity index is 1.83. The van der Waals surface area contributed by atoms with Crippen molar-refractivity contribution in [1.29, 1.82) is 0 Å². The topological polar surface area (TPSA) is 48.1 Å². The van der Waals surface area contributed by atoms with Crippen LogP contribution in [0.4, 0.5) is 0 Å². The maximum atomic E-state index is 6.61. The molecule has 0 amide bonds. The standard InChI is InChI=1S/C16H24N2O/c1-2-14-12(8-10-19-14)15(17)13-7-3-5-11-6-4-9-18-16(11)13/h4,6,9,12-15H,2-3,5,7-8,10,17H2,1H3. The predicted octanol–water partition coefficient (Wildman–Crippen LogP) is 2.64. The third-order valence-electron chi connectivity index (χ3n) is 4.86.